The second kappa shape index (κ2) is 10.1. The fourth-order valence-corrected chi connectivity index (χ4v) is 2.87. The molecule has 1 aliphatic heterocycles. The predicted octanol–water partition coefficient (Wildman–Crippen LogP) is -1.79. The van der Waals surface area contributed by atoms with Crippen LogP contribution < -0.4 is 0 Å². The molecule has 0 radical (unpaired) electrons. The Bertz CT molecular complexity index is 584. The molecule has 28 heavy (non-hydrogen) atoms. The standard InChI is InChI=1S/C15H29N2O10P/c1-6-16(2)13-12(19)11(18)10(26-13)9-25-28(22,23)27-15(21)14(20)24-8-7-17(3,4)5/h6,10-14,18-20H,1,7-9H2,2-5H3/p+1. The molecule has 1 fully saturated rings. The van der Waals surface area contributed by atoms with Gasteiger partial charge < -0.3 is 38.7 Å². The Morgan fingerprint density at radius 2 is 1.96 bits per heavy atom. The maximum atomic E-state index is 11.9. The van der Waals surface area contributed by atoms with Crippen molar-refractivity contribution in [1.82, 2.24) is 4.90 Å². The second-order valence-corrected chi connectivity index (χ2v) is 8.68. The Balaban J connectivity index is 2.50. The quantitative estimate of drug-likeness (QED) is 0.167. The summed E-state index contributed by atoms with van der Waals surface area (Å²) >= 11 is 0. The maximum absolute atomic E-state index is 11.9. The number of hydrogen-bond donors (Lipinski definition) is 4. The number of aliphatic hydroxyl groups is 3. The van der Waals surface area contributed by atoms with Gasteiger partial charge >= 0.3 is 13.8 Å². The number of quaternary nitrogens is 1. The molecule has 12 nitrogen and oxygen atoms in total. The number of ether oxygens (including phenoxy) is 2. The van der Waals surface area contributed by atoms with Gasteiger partial charge in [-0.1, -0.05) is 6.58 Å². The van der Waals surface area contributed by atoms with E-state index in [2.05, 4.69) is 15.6 Å². The SMILES string of the molecule is C=CN(C)C1OC(COP(=O)(O)OC(=O)C(O)OCC[N+](C)(C)C)C(O)C1O. The van der Waals surface area contributed by atoms with E-state index in [1.807, 2.05) is 21.1 Å². The molecule has 0 saturated carbocycles. The number of phosphoric acid groups is 1. The van der Waals surface area contributed by atoms with Crippen LogP contribution in [-0.2, 0) is 27.9 Å². The summed E-state index contributed by atoms with van der Waals surface area (Å²) in [5, 5.41) is 29.4. The van der Waals surface area contributed by atoms with E-state index < -0.39 is 51.2 Å². The Hall–Kier alpha value is -1.08. The van der Waals surface area contributed by atoms with E-state index >= 15 is 0 Å². The lowest BCUT2D eigenvalue weighted by Crippen LogP contribution is -2.39. The summed E-state index contributed by atoms with van der Waals surface area (Å²) in [5.41, 5.74) is 0. The average Bonchev–Trinajstić information content (AvgIpc) is 2.86. The average molecular weight is 429 g/mol. The van der Waals surface area contributed by atoms with Gasteiger partial charge in [-0.25, -0.2) is 9.36 Å². The van der Waals surface area contributed by atoms with Gasteiger partial charge in [0.15, 0.2) is 6.23 Å². The third-order valence-corrected chi connectivity index (χ3v) is 4.76. The molecule has 1 rings (SSSR count). The topological polar surface area (TPSA) is 155 Å². The van der Waals surface area contributed by atoms with Crippen LogP contribution in [-0.4, -0.2) is 114 Å². The number of likely N-dealkylation sites (N-methyl/N-ethyl adjacent to an activating group) is 2. The Kier molecular flexibility index (Phi) is 9.00. The zero-order chi connectivity index (χ0) is 21.7. The summed E-state index contributed by atoms with van der Waals surface area (Å²) in [6.45, 7) is 3.33. The summed E-state index contributed by atoms with van der Waals surface area (Å²) < 4.78 is 31.5. The van der Waals surface area contributed by atoms with E-state index in [0.29, 0.717) is 11.0 Å². The number of carbonyl (C=O) groups excluding carboxylic acids is 1. The van der Waals surface area contributed by atoms with Crippen molar-refractivity contribution >= 4 is 13.8 Å². The molecule has 0 aromatic rings. The summed E-state index contributed by atoms with van der Waals surface area (Å²) in [6.07, 6.45) is -5.51. The van der Waals surface area contributed by atoms with Crippen molar-refractivity contribution in [3.63, 3.8) is 0 Å². The molecule has 0 aromatic heterocycles. The van der Waals surface area contributed by atoms with Gasteiger partial charge in [-0.3, -0.25) is 9.42 Å². The van der Waals surface area contributed by atoms with Gasteiger partial charge in [0.05, 0.1) is 34.4 Å². The molecule has 4 N–H and O–H groups in total. The second-order valence-electron chi connectivity index (χ2n) is 7.31. The number of phosphoric ester groups is 1. The minimum absolute atomic E-state index is 0.00849. The number of carbonyl (C=O) groups is 1. The number of nitrogens with zero attached hydrogens (tertiary/aromatic N) is 2. The molecular weight excluding hydrogens is 399 g/mol. The van der Waals surface area contributed by atoms with Crippen LogP contribution in [0.4, 0.5) is 0 Å². The highest BCUT2D eigenvalue weighted by atomic mass is 31.2. The summed E-state index contributed by atoms with van der Waals surface area (Å²) in [4.78, 5) is 22.7. The van der Waals surface area contributed by atoms with Crippen molar-refractivity contribution < 1.29 is 52.6 Å². The lowest BCUT2D eigenvalue weighted by atomic mass is 10.1. The predicted molar refractivity (Wildman–Crippen MR) is 95.4 cm³/mol. The van der Waals surface area contributed by atoms with Gasteiger partial charge in [-0.2, -0.15) is 0 Å². The van der Waals surface area contributed by atoms with Gasteiger partial charge in [0.2, 0.25) is 0 Å². The first-order valence-corrected chi connectivity index (χ1v) is 9.94. The molecule has 6 unspecified atom stereocenters. The molecule has 6 atom stereocenters. The molecule has 0 aromatic carbocycles. The first-order chi connectivity index (χ1) is 12.8. The molecule has 164 valence electrons. The van der Waals surface area contributed by atoms with Crippen LogP contribution in [0.5, 0.6) is 0 Å². The molecule has 1 aliphatic rings. The largest absolute Gasteiger partial charge is 0.529 e. The Labute approximate surface area is 163 Å². The van der Waals surface area contributed by atoms with Crippen molar-refractivity contribution in [3.8, 4) is 0 Å². The number of aliphatic hydroxyl groups excluding tert-OH is 3. The van der Waals surface area contributed by atoms with Crippen LogP contribution in [0.2, 0.25) is 0 Å². The van der Waals surface area contributed by atoms with Crippen LogP contribution in [0.1, 0.15) is 0 Å². The van der Waals surface area contributed by atoms with E-state index in [-0.39, 0.29) is 6.61 Å². The van der Waals surface area contributed by atoms with Gasteiger partial charge in [-0.15, -0.1) is 0 Å². The van der Waals surface area contributed by atoms with E-state index in [4.69, 9.17) is 9.47 Å². The van der Waals surface area contributed by atoms with Crippen LogP contribution >= 0.6 is 7.82 Å². The molecule has 1 saturated heterocycles. The highest BCUT2D eigenvalue weighted by Crippen LogP contribution is 2.44. The van der Waals surface area contributed by atoms with Gasteiger partial charge in [0.25, 0.3) is 6.29 Å². The summed E-state index contributed by atoms with van der Waals surface area (Å²) in [7, 11) is 2.25. The molecule has 0 aliphatic carbocycles. The third-order valence-electron chi connectivity index (χ3n) is 3.87. The van der Waals surface area contributed by atoms with Gasteiger partial charge in [-0.05, 0) is 6.20 Å². The smallest absolute Gasteiger partial charge is 0.387 e. The van der Waals surface area contributed by atoms with Crippen LogP contribution in [0.25, 0.3) is 0 Å². The van der Waals surface area contributed by atoms with Crippen molar-refractivity contribution in [1.29, 1.82) is 0 Å². The Morgan fingerprint density at radius 3 is 2.50 bits per heavy atom. The highest BCUT2D eigenvalue weighted by molar-refractivity contribution is 7.48. The van der Waals surface area contributed by atoms with E-state index in [1.54, 1.807) is 7.05 Å². The number of rotatable bonds is 11. The monoisotopic (exact) mass is 429 g/mol. The highest BCUT2D eigenvalue weighted by Gasteiger charge is 2.45. The maximum Gasteiger partial charge on any atom is 0.529 e. The fourth-order valence-electron chi connectivity index (χ4n) is 2.17. The zero-order valence-corrected chi connectivity index (χ0v) is 17.3. The molecule has 1 heterocycles. The van der Waals surface area contributed by atoms with Crippen molar-refractivity contribution in [2.45, 2.75) is 30.8 Å². The molecule has 13 heteroatoms. The van der Waals surface area contributed by atoms with Crippen LogP contribution in [0, 0.1) is 0 Å². The first kappa shape index (κ1) is 25.0. The molecular formula is C15H30N2O10P+. The third kappa shape index (κ3) is 7.74. The molecule has 0 bridgehead atoms. The fraction of sp³-hybridized carbons (Fsp3) is 0.800. The van der Waals surface area contributed by atoms with Crippen LogP contribution in [0.3, 0.4) is 0 Å². The Morgan fingerprint density at radius 1 is 1.36 bits per heavy atom. The first-order valence-electron chi connectivity index (χ1n) is 8.44. The van der Waals surface area contributed by atoms with E-state index in [0.717, 1.165) is 0 Å². The lowest BCUT2D eigenvalue weighted by molar-refractivity contribution is -0.870. The van der Waals surface area contributed by atoms with Crippen molar-refractivity contribution in [2.75, 3.05) is 47.9 Å². The van der Waals surface area contributed by atoms with E-state index in [1.165, 1.54) is 11.1 Å². The van der Waals surface area contributed by atoms with Crippen molar-refractivity contribution in [2.24, 2.45) is 0 Å². The summed E-state index contributed by atoms with van der Waals surface area (Å²) in [6, 6.07) is 0. The normalized spacial score (nSPS) is 28.4. The number of hydrogen-bond acceptors (Lipinski definition) is 10. The zero-order valence-electron chi connectivity index (χ0n) is 16.4. The van der Waals surface area contributed by atoms with Crippen molar-refractivity contribution in [3.05, 3.63) is 12.8 Å². The lowest BCUT2D eigenvalue weighted by Gasteiger charge is -2.24. The van der Waals surface area contributed by atoms with Gasteiger partial charge in [0, 0.05) is 7.05 Å². The minimum Gasteiger partial charge on any atom is -0.387 e. The minimum atomic E-state index is -4.92. The molecule has 0 spiro atoms. The van der Waals surface area contributed by atoms with Crippen LogP contribution in [0.15, 0.2) is 12.8 Å². The van der Waals surface area contributed by atoms with E-state index in [9.17, 15) is 29.6 Å². The van der Waals surface area contributed by atoms with Gasteiger partial charge in [0.1, 0.15) is 24.9 Å². The molecule has 0 amide bonds. The summed E-state index contributed by atoms with van der Waals surface area (Å²) in [5.74, 6) is -1.50.